The highest BCUT2D eigenvalue weighted by atomic mass is 32.2. The van der Waals surface area contributed by atoms with Crippen molar-refractivity contribution in [3.8, 4) is 0 Å². The maximum absolute atomic E-state index is 12.8. The van der Waals surface area contributed by atoms with E-state index in [2.05, 4.69) is 5.32 Å². The van der Waals surface area contributed by atoms with E-state index in [4.69, 9.17) is 0 Å². The Hall–Kier alpha value is -1.81. The molecule has 2 aromatic rings. The molecule has 1 amide bonds. The molecule has 1 N–H and O–H groups in total. The van der Waals surface area contributed by atoms with Gasteiger partial charge in [-0.15, -0.1) is 0 Å². The fourth-order valence-corrected chi connectivity index (χ4v) is 2.38. The molecule has 0 spiro atoms. The van der Waals surface area contributed by atoms with Crippen LogP contribution in [0.3, 0.4) is 0 Å². The minimum absolute atomic E-state index is 0.0126. The second kappa shape index (κ2) is 6.31. The molecule has 0 aromatic heterocycles. The van der Waals surface area contributed by atoms with E-state index in [-0.39, 0.29) is 11.7 Å². The maximum atomic E-state index is 12.8. The van der Waals surface area contributed by atoms with Crippen LogP contribution in [0.15, 0.2) is 58.3 Å². The molecule has 0 atom stereocenters. The molecule has 4 heteroatoms. The Kier molecular flexibility index (Phi) is 4.68. The summed E-state index contributed by atoms with van der Waals surface area (Å²) < 4.78 is 12.8. The van der Waals surface area contributed by atoms with Gasteiger partial charge in [0.15, 0.2) is 0 Å². The molecular weight excluding hydrogens is 285 g/mol. The molecule has 0 aliphatic carbocycles. The summed E-state index contributed by atoms with van der Waals surface area (Å²) in [4.78, 5) is 13.9. The van der Waals surface area contributed by atoms with E-state index >= 15 is 0 Å². The van der Waals surface area contributed by atoms with Crippen LogP contribution in [-0.4, -0.2) is 5.91 Å². The Morgan fingerprint density at radius 2 is 1.43 bits per heavy atom. The third kappa shape index (κ3) is 4.60. The summed E-state index contributed by atoms with van der Waals surface area (Å²) in [5, 5.41) is 2.88. The van der Waals surface area contributed by atoms with Crippen LogP contribution in [0.25, 0.3) is 0 Å². The zero-order valence-electron chi connectivity index (χ0n) is 12.3. The Labute approximate surface area is 128 Å². The van der Waals surface area contributed by atoms with E-state index in [0.29, 0.717) is 0 Å². The van der Waals surface area contributed by atoms with Crippen molar-refractivity contribution in [2.45, 2.75) is 30.6 Å². The van der Waals surface area contributed by atoms with Crippen LogP contribution in [0.5, 0.6) is 0 Å². The summed E-state index contributed by atoms with van der Waals surface area (Å²) in [5.41, 5.74) is 0.361. The van der Waals surface area contributed by atoms with Crippen molar-refractivity contribution < 1.29 is 9.18 Å². The van der Waals surface area contributed by atoms with E-state index in [1.807, 2.05) is 45.0 Å². The van der Waals surface area contributed by atoms with Gasteiger partial charge in [-0.2, -0.15) is 0 Å². The molecule has 110 valence electrons. The fourth-order valence-electron chi connectivity index (χ4n) is 1.56. The van der Waals surface area contributed by atoms with Gasteiger partial charge in [-0.1, -0.05) is 32.5 Å². The van der Waals surface area contributed by atoms with Crippen molar-refractivity contribution in [2.24, 2.45) is 5.41 Å². The van der Waals surface area contributed by atoms with Crippen LogP contribution in [0.1, 0.15) is 20.8 Å². The number of anilines is 1. The van der Waals surface area contributed by atoms with Gasteiger partial charge in [-0.3, -0.25) is 4.79 Å². The molecule has 2 nitrogen and oxygen atoms in total. The van der Waals surface area contributed by atoms with Gasteiger partial charge in [-0.25, -0.2) is 4.39 Å². The first kappa shape index (κ1) is 15.6. The quantitative estimate of drug-likeness (QED) is 0.868. The van der Waals surface area contributed by atoms with Gasteiger partial charge in [0.1, 0.15) is 5.82 Å². The summed E-state index contributed by atoms with van der Waals surface area (Å²) in [6, 6.07) is 14.0. The van der Waals surface area contributed by atoms with Crippen LogP contribution in [0, 0.1) is 11.2 Å². The highest BCUT2D eigenvalue weighted by Gasteiger charge is 2.20. The van der Waals surface area contributed by atoms with E-state index in [0.717, 1.165) is 15.5 Å². The summed E-state index contributed by atoms with van der Waals surface area (Å²) in [6.45, 7) is 5.63. The average molecular weight is 303 g/mol. The normalized spacial score (nSPS) is 11.2. The van der Waals surface area contributed by atoms with Gasteiger partial charge in [0.2, 0.25) is 5.91 Å². The Morgan fingerprint density at radius 3 is 1.90 bits per heavy atom. The van der Waals surface area contributed by atoms with Crippen LogP contribution in [0.2, 0.25) is 0 Å². The molecule has 0 saturated heterocycles. The summed E-state index contributed by atoms with van der Waals surface area (Å²) in [7, 11) is 0. The van der Waals surface area contributed by atoms with Crippen molar-refractivity contribution in [2.75, 3.05) is 5.32 Å². The third-order valence-corrected chi connectivity index (χ3v) is 3.86. The first-order valence-corrected chi connectivity index (χ1v) is 7.51. The topological polar surface area (TPSA) is 29.1 Å². The van der Waals surface area contributed by atoms with Crippen LogP contribution in [0.4, 0.5) is 10.1 Å². The van der Waals surface area contributed by atoms with E-state index < -0.39 is 5.41 Å². The lowest BCUT2D eigenvalue weighted by Gasteiger charge is -2.17. The SMILES string of the molecule is CC(C)(C)C(=O)Nc1ccc(Sc2ccc(F)cc2)cc1. The Morgan fingerprint density at radius 1 is 0.952 bits per heavy atom. The number of benzene rings is 2. The second-order valence-corrected chi connectivity index (χ2v) is 6.93. The maximum Gasteiger partial charge on any atom is 0.229 e. The van der Waals surface area contributed by atoms with E-state index in [1.54, 1.807) is 23.9 Å². The van der Waals surface area contributed by atoms with Gasteiger partial charge in [0.05, 0.1) is 0 Å². The second-order valence-electron chi connectivity index (χ2n) is 5.78. The number of carbonyl (C=O) groups excluding carboxylic acids is 1. The van der Waals surface area contributed by atoms with Crippen molar-refractivity contribution >= 4 is 23.4 Å². The zero-order chi connectivity index (χ0) is 15.5. The largest absolute Gasteiger partial charge is 0.326 e. The summed E-state index contributed by atoms with van der Waals surface area (Å²) >= 11 is 1.55. The monoisotopic (exact) mass is 303 g/mol. The first-order chi connectivity index (χ1) is 9.84. The fraction of sp³-hybridized carbons (Fsp3) is 0.235. The number of hydrogen-bond acceptors (Lipinski definition) is 2. The van der Waals surface area contributed by atoms with E-state index in [1.165, 1.54) is 12.1 Å². The van der Waals surface area contributed by atoms with Crippen molar-refractivity contribution in [3.63, 3.8) is 0 Å². The van der Waals surface area contributed by atoms with Gasteiger partial charge >= 0.3 is 0 Å². The molecular formula is C17H18FNOS. The van der Waals surface area contributed by atoms with Crippen molar-refractivity contribution in [1.29, 1.82) is 0 Å². The zero-order valence-corrected chi connectivity index (χ0v) is 13.1. The number of rotatable bonds is 3. The minimum atomic E-state index is -0.415. The predicted molar refractivity (Wildman–Crippen MR) is 85.0 cm³/mol. The lowest BCUT2D eigenvalue weighted by atomic mass is 9.95. The number of hydrogen-bond donors (Lipinski definition) is 1. The molecule has 0 unspecified atom stereocenters. The molecule has 0 fully saturated rings. The predicted octanol–water partition coefficient (Wildman–Crippen LogP) is 4.96. The molecule has 2 aromatic carbocycles. The molecule has 0 aliphatic heterocycles. The standard InChI is InChI=1S/C17H18FNOS/c1-17(2,3)16(20)19-13-6-10-15(11-7-13)21-14-8-4-12(18)5-9-14/h4-11H,1-3H3,(H,19,20). The number of halogens is 1. The van der Waals surface area contributed by atoms with Gasteiger partial charge in [-0.05, 0) is 48.5 Å². The number of amides is 1. The van der Waals surface area contributed by atoms with Crippen molar-refractivity contribution in [3.05, 3.63) is 54.3 Å². The molecule has 0 saturated carbocycles. The van der Waals surface area contributed by atoms with Crippen LogP contribution >= 0.6 is 11.8 Å². The summed E-state index contributed by atoms with van der Waals surface area (Å²) in [6.07, 6.45) is 0. The lowest BCUT2D eigenvalue weighted by Crippen LogP contribution is -2.27. The Bertz CT molecular complexity index is 615. The van der Waals surface area contributed by atoms with Gasteiger partial charge in [0.25, 0.3) is 0 Å². The number of nitrogens with one attached hydrogen (secondary N) is 1. The molecule has 0 aliphatic rings. The highest BCUT2D eigenvalue weighted by Crippen LogP contribution is 2.29. The van der Waals surface area contributed by atoms with Crippen molar-refractivity contribution in [1.82, 2.24) is 0 Å². The van der Waals surface area contributed by atoms with Gasteiger partial charge in [0, 0.05) is 20.9 Å². The highest BCUT2D eigenvalue weighted by molar-refractivity contribution is 7.99. The summed E-state index contributed by atoms with van der Waals surface area (Å²) in [5.74, 6) is -0.249. The smallest absolute Gasteiger partial charge is 0.229 e. The Balaban J connectivity index is 2.02. The first-order valence-electron chi connectivity index (χ1n) is 6.69. The molecule has 2 rings (SSSR count). The van der Waals surface area contributed by atoms with Gasteiger partial charge < -0.3 is 5.32 Å². The molecule has 0 bridgehead atoms. The molecule has 0 heterocycles. The number of carbonyl (C=O) groups is 1. The van der Waals surface area contributed by atoms with Crippen LogP contribution < -0.4 is 5.32 Å². The lowest BCUT2D eigenvalue weighted by molar-refractivity contribution is -0.123. The third-order valence-electron chi connectivity index (χ3n) is 2.84. The molecule has 21 heavy (non-hydrogen) atoms. The van der Waals surface area contributed by atoms with E-state index in [9.17, 15) is 9.18 Å². The van der Waals surface area contributed by atoms with Crippen LogP contribution in [-0.2, 0) is 4.79 Å². The molecule has 0 radical (unpaired) electrons. The minimum Gasteiger partial charge on any atom is -0.326 e. The average Bonchev–Trinajstić information content (AvgIpc) is 2.42.